The Kier molecular flexibility index (Phi) is 3.69. The Labute approximate surface area is 119 Å². The first kappa shape index (κ1) is 13.8. The van der Waals surface area contributed by atoms with Gasteiger partial charge in [0.15, 0.2) is 5.78 Å². The molecule has 3 aliphatic heterocycles. The molecule has 20 heavy (non-hydrogen) atoms. The molecular weight excluding hydrogens is 258 g/mol. The minimum atomic E-state index is -0.394. The highest BCUT2D eigenvalue weighted by atomic mass is 16.5. The van der Waals surface area contributed by atoms with Gasteiger partial charge in [-0.15, -0.1) is 0 Å². The molecule has 0 aromatic carbocycles. The van der Waals surface area contributed by atoms with Crippen LogP contribution in [0.4, 0.5) is 4.79 Å². The molecule has 3 saturated heterocycles. The molecule has 3 fully saturated rings. The van der Waals surface area contributed by atoms with Crippen LogP contribution in [0, 0.1) is 5.92 Å². The molecule has 6 nitrogen and oxygen atoms in total. The topological polar surface area (TPSA) is 64.1 Å². The van der Waals surface area contributed by atoms with E-state index in [0.29, 0.717) is 25.3 Å². The molecule has 0 radical (unpaired) electrons. The number of ketones is 1. The van der Waals surface area contributed by atoms with Gasteiger partial charge in [0.05, 0.1) is 12.1 Å². The van der Waals surface area contributed by atoms with Crippen molar-refractivity contribution < 1.29 is 14.8 Å². The van der Waals surface area contributed by atoms with Gasteiger partial charge in [0.2, 0.25) is 0 Å². The van der Waals surface area contributed by atoms with E-state index < -0.39 is 6.03 Å². The maximum atomic E-state index is 12.5. The lowest BCUT2D eigenvalue weighted by molar-refractivity contribution is -0.125. The first-order valence-corrected chi connectivity index (χ1v) is 7.56. The van der Waals surface area contributed by atoms with E-state index >= 15 is 0 Å². The largest absolute Gasteiger partial charge is 0.344 e. The first-order valence-electron chi connectivity index (χ1n) is 7.56. The van der Waals surface area contributed by atoms with Crippen LogP contribution >= 0.6 is 0 Å². The van der Waals surface area contributed by atoms with Crippen molar-refractivity contribution in [3.05, 3.63) is 0 Å². The zero-order chi connectivity index (χ0) is 14.3. The average molecular weight is 281 g/mol. The van der Waals surface area contributed by atoms with Crippen molar-refractivity contribution >= 4 is 11.8 Å². The molecule has 1 unspecified atom stereocenters. The van der Waals surface area contributed by atoms with Gasteiger partial charge in [-0.25, -0.2) is 9.86 Å². The van der Waals surface area contributed by atoms with Crippen LogP contribution in [-0.4, -0.2) is 70.7 Å². The van der Waals surface area contributed by atoms with Crippen LogP contribution in [0.2, 0.25) is 0 Å². The molecule has 2 atom stereocenters. The van der Waals surface area contributed by atoms with E-state index in [4.69, 9.17) is 0 Å². The Morgan fingerprint density at radius 2 is 1.95 bits per heavy atom. The highest BCUT2D eigenvalue weighted by molar-refractivity contribution is 5.90. The summed E-state index contributed by atoms with van der Waals surface area (Å²) in [4.78, 5) is 28.2. The summed E-state index contributed by atoms with van der Waals surface area (Å²) in [5, 5.41) is 10.5. The lowest BCUT2D eigenvalue weighted by atomic mass is 9.87. The lowest BCUT2D eigenvalue weighted by Crippen LogP contribution is -2.46. The Bertz CT molecular complexity index is 406. The number of rotatable bonds is 3. The molecule has 0 aromatic heterocycles. The number of hydrogen-bond acceptors (Lipinski definition) is 4. The number of likely N-dealkylation sites (tertiary alicyclic amines) is 1. The molecule has 112 valence electrons. The maximum absolute atomic E-state index is 12.5. The average Bonchev–Trinajstić information content (AvgIpc) is 2.66. The van der Waals surface area contributed by atoms with Crippen molar-refractivity contribution in [2.24, 2.45) is 5.92 Å². The maximum Gasteiger partial charge on any atom is 0.344 e. The highest BCUT2D eigenvalue weighted by Gasteiger charge is 2.46. The van der Waals surface area contributed by atoms with Gasteiger partial charge in [0.25, 0.3) is 0 Å². The molecule has 0 aromatic rings. The van der Waals surface area contributed by atoms with E-state index in [-0.39, 0.29) is 17.9 Å². The summed E-state index contributed by atoms with van der Waals surface area (Å²) in [7, 11) is 2.11. The number of carbonyl (C=O) groups is 2. The molecule has 0 aliphatic carbocycles. The summed E-state index contributed by atoms with van der Waals surface area (Å²) in [6.07, 6.45) is 4.13. The van der Waals surface area contributed by atoms with Gasteiger partial charge in [-0.1, -0.05) is 0 Å². The summed E-state index contributed by atoms with van der Waals surface area (Å²) < 4.78 is 0. The van der Waals surface area contributed by atoms with Gasteiger partial charge < -0.3 is 9.80 Å². The minimum absolute atomic E-state index is 0.116. The van der Waals surface area contributed by atoms with Crippen LogP contribution in [0.5, 0.6) is 0 Å². The molecule has 6 heteroatoms. The summed E-state index contributed by atoms with van der Waals surface area (Å²) in [6.45, 7) is 2.61. The number of nitrogens with zero attached hydrogens (tertiary/aromatic N) is 3. The molecule has 3 rings (SSSR count). The molecule has 0 saturated carbocycles. The first-order chi connectivity index (χ1) is 9.56. The van der Waals surface area contributed by atoms with Gasteiger partial charge in [0.1, 0.15) is 0 Å². The standard InChI is InChI=1S/C14H23N3O3/c1-15-6-4-10(5-7-15)8-13(18)12-3-2-11-9-16(12)14(19)17(11)20/h10-12,20H,2-9H2,1H3/t11-,12?/m1/s1. The van der Waals surface area contributed by atoms with Crippen molar-refractivity contribution in [1.82, 2.24) is 14.9 Å². The van der Waals surface area contributed by atoms with E-state index in [1.54, 1.807) is 4.90 Å². The van der Waals surface area contributed by atoms with E-state index in [1.165, 1.54) is 0 Å². The number of hydroxylamine groups is 2. The van der Waals surface area contributed by atoms with E-state index in [2.05, 4.69) is 11.9 Å². The van der Waals surface area contributed by atoms with Crippen molar-refractivity contribution in [3.63, 3.8) is 0 Å². The van der Waals surface area contributed by atoms with Crippen molar-refractivity contribution in [2.45, 2.75) is 44.2 Å². The van der Waals surface area contributed by atoms with Gasteiger partial charge in [-0.3, -0.25) is 10.0 Å². The fourth-order valence-electron chi connectivity index (χ4n) is 3.67. The van der Waals surface area contributed by atoms with Crippen LogP contribution in [0.3, 0.4) is 0 Å². The lowest BCUT2D eigenvalue weighted by Gasteiger charge is -2.32. The van der Waals surface area contributed by atoms with Gasteiger partial charge in [-0.2, -0.15) is 0 Å². The van der Waals surface area contributed by atoms with Crippen molar-refractivity contribution in [3.8, 4) is 0 Å². The summed E-state index contributed by atoms with van der Waals surface area (Å²) >= 11 is 0. The Morgan fingerprint density at radius 1 is 1.25 bits per heavy atom. The number of piperidine rings is 2. The Morgan fingerprint density at radius 3 is 2.65 bits per heavy atom. The zero-order valence-electron chi connectivity index (χ0n) is 12.0. The summed E-state index contributed by atoms with van der Waals surface area (Å²) in [5.41, 5.74) is 0. The van der Waals surface area contributed by atoms with E-state index in [1.807, 2.05) is 0 Å². The second kappa shape index (κ2) is 5.33. The van der Waals surface area contributed by atoms with Crippen molar-refractivity contribution in [1.29, 1.82) is 0 Å². The SMILES string of the molecule is CN1CCC(CC(=O)C2CC[C@@H]3CN2C(=O)N3O)CC1. The Hall–Kier alpha value is -1.14. The zero-order valence-corrected chi connectivity index (χ0v) is 12.0. The second-order valence-electron chi connectivity index (χ2n) is 6.44. The third-order valence-electron chi connectivity index (χ3n) is 5.04. The number of urea groups is 1. The minimum Gasteiger partial charge on any atom is -0.311 e. The van der Waals surface area contributed by atoms with Crippen LogP contribution in [0.1, 0.15) is 32.1 Å². The third-order valence-corrected chi connectivity index (χ3v) is 5.04. The van der Waals surface area contributed by atoms with Crippen LogP contribution in [0.15, 0.2) is 0 Å². The van der Waals surface area contributed by atoms with Crippen molar-refractivity contribution in [2.75, 3.05) is 26.7 Å². The van der Waals surface area contributed by atoms with Crippen LogP contribution in [-0.2, 0) is 4.79 Å². The predicted octanol–water partition coefficient (Wildman–Crippen LogP) is 0.945. The number of hydrogen-bond donors (Lipinski definition) is 1. The monoisotopic (exact) mass is 281 g/mol. The molecule has 2 bridgehead atoms. The smallest absolute Gasteiger partial charge is 0.311 e. The number of Topliss-reactive ketones (excluding diaryl/α,β-unsaturated/α-hetero) is 1. The van der Waals surface area contributed by atoms with Crippen LogP contribution < -0.4 is 0 Å². The highest BCUT2D eigenvalue weighted by Crippen LogP contribution is 2.31. The number of amides is 2. The fourth-order valence-corrected chi connectivity index (χ4v) is 3.67. The molecule has 2 amide bonds. The van der Waals surface area contributed by atoms with Gasteiger partial charge >= 0.3 is 6.03 Å². The second-order valence-corrected chi connectivity index (χ2v) is 6.44. The fraction of sp³-hybridized carbons (Fsp3) is 0.857. The van der Waals surface area contributed by atoms with E-state index in [9.17, 15) is 14.8 Å². The van der Waals surface area contributed by atoms with Gasteiger partial charge in [0, 0.05) is 13.0 Å². The molecule has 3 heterocycles. The van der Waals surface area contributed by atoms with Gasteiger partial charge in [-0.05, 0) is 51.7 Å². The predicted molar refractivity (Wildman–Crippen MR) is 72.4 cm³/mol. The van der Waals surface area contributed by atoms with Crippen LogP contribution in [0.25, 0.3) is 0 Å². The van der Waals surface area contributed by atoms with E-state index in [0.717, 1.165) is 37.4 Å². The molecule has 1 N–H and O–H groups in total. The Balaban J connectivity index is 1.59. The molecular formula is C14H23N3O3. The molecule has 0 spiro atoms. The summed E-state index contributed by atoms with van der Waals surface area (Å²) in [6, 6.07) is -0.820. The number of carbonyl (C=O) groups excluding carboxylic acids is 2. The summed E-state index contributed by atoms with van der Waals surface area (Å²) in [5.74, 6) is 0.640. The quantitative estimate of drug-likeness (QED) is 0.782. The molecule has 3 aliphatic rings. The number of fused-ring (bicyclic) bond motifs is 2. The third kappa shape index (κ3) is 2.42. The normalized spacial score (nSPS) is 32.0.